The van der Waals surface area contributed by atoms with E-state index in [1.807, 2.05) is 31.2 Å². The van der Waals surface area contributed by atoms with Crippen LogP contribution in [0.25, 0.3) is 0 Å². The highest BCUT2D eigenvalue weighted by atomic mass is 32.2. The van der Waals surface area contributed by atoms with Crippen molar-refractivity contribution in [2.24, 2.45) is 0 Å². The van der Waals surface area contributed by atoms with E-state index in [9.17, 15) is 8.42 Å². The second-order valence-corrected chi connectivity index (χ2v) is 6.14. The van der Waals surface area contributed by atoms with Gasteiger partial charge >= 0.3 is 0 Å². The van der Waals surface area contributed by atoms with Crippen molar-refractivity contribution in [3.63, 3.8) is 0 Å². The second-order valence-electron chi connectivity index (χ2n) is 4.40. The normalized spacial score (nSPS) is 11.3. The quantitative estimate of drug-likeness (QED) is 0.920. The molecule has 0 atom stereocenters. The molecule has 106 valence electrons. The number of rotatable bonds is 5. The molecular formula is C15H17NO3S. The Kier molecular flexibility index (Phi) is 4.42. The number of hydrogen-bond acceptors (Lipinski definition) is 3. The first-order valence-corrected chi connectivity index (χ1v) is 7.70. The van der Waals surface area contributed by atoms with Gasteiger partial charge in [0.25, 0.3) is 0 Å². The molecule has 5 heteroatoms. The molecule has 2 aromatic rings. The number of para-hydroxylation sites is 1. The Morgan fingerprint density at radius 1 is 1.05 bits per heavy atom. The molecule has 0 unspecified atom stereocenters. The van der Waals surface area contributed by atoms with Gasteiger partial charge in [-0.3, -0.25) is 0 Å². The minimum absolute atomic E-state index is 0.149. The first kappa shape index (κ1) is 14.6. The predicted molar refractivity (Wildman–Crippen MR) is 78.2 cm³/mol. The maximum absolute atomic E-state index is 12.3. The summed E-state index contributed by atoms with van der Waals surface area (Å²) in [5, 5.41) is 0. The topological polar surface area (TPSA) is 55.4 Å². The van der Waals surface area contributed by atoms with E-state index in [1.165, 1.54) is 13.2 Å². The van der Waals surface area contributed by atoms with Crippen molar-refractivity contribution >= 4 is 10.0 Å². The van der Waals surface area contributed by atoms with Crippen LogP contribution in [-0.2, 0) is 16.6 Å². The lowest BCUT2D eigenvalue weighted by Gasteiger charge is -2.11. The third-order valence-corrected chi connectivity index (χ3v) is 4.51. The van der Waals surface area contributed by atoms with Gasteiger partial charge in [0.05, 0.1) is 7.11 Å². The highest BCUT2D eigenvalue weighted by Crippen LogP contribution is 2.22. The van der Waals surface area contributed by atoms with Gasteiger partial charge in [0.1, 0.15) is 10.6 Å². The Labute approximate surface area is 119 Å². The van der Waals surface area contributed by atoms with E-state index in [2.05, 4.69) is 4.72 Å². The van der Waals surface area contributed by atoms with Gasteiger partial charge in [-0.2, -0.15) is 0 Å². The van der Waals surface area contributed by atoms with E-state index in [-0.39, 0.29) is 11.4 Å². The van der Waals surface area contributed by atoms with E-state index in [0.29, 0.717) is 5.75 Å². The summed E-state index contributed by atoms with van der Waals surface area (Å²) in [5.41, 5.74) is 2.00. The molecule has 1 N–H and O–H groups in total. The molecule has 0 saturated heterocycles. The molecule has 2 aromatic carbocycles. The average molecular weight is 291 g/mol. The number of nitrogens with one attached hydrogen (secondary N) is 1. The number of sulfonamides is 1. The molecule has 0 radical (unpaired) electrons. The van der Waals surface area contributed by atoms with Crippen molar-refractivity contribution in [3.05, 3.63) is 59.7 Å². The Morgan fingerprint density at radius 3 is 2.40 bits per heavy atom. The molecule has 0 amide bonds. The fraction of sp³-hybridized carbons (Fsp3) is 0.200. The number of benzene rings is 2. The van der Waals surface area contributed by atoms with Crippen molar-refractivity contribution in [3.8, 4) is 5.75 Å². The second kappa shape index (κ2) is 6.07. The van der Waals surface area contributed by atoms with E-state index in [4.69, 9.17) is 4.74 Å². The number of ether oxygens (including phenoxy) is 1. The zero-order valence-electron chi connectivity index (χ0n) is 11.5. The van der Waals surface area contributed by atoms with E-state index < -0.39 is 10.0 Å². The van der Waals surface area contributed by atoms with Gasteiger partial charge in [0.15, 0.2) is 0 Å². The van der Waals surface area contributed by atoms with Gasteiger partial charge in [0, 0.05) is 6.54 Å². The van der Waals surface area contributed by atoms with Crippen LogP contribution in [0.2, 0.25) is 0 Å². The highest BCUT2D eigenvalue weighted by Gasteiger charge is 2.18. The third kappa shape index (κ3) is 3.18. The molecule has 0 spiro atoms. The average Bonchev–Trinajstić information content (AvgIpc) is 2.46. The summed E-state index contributed by atoms with van der Waals surface area (Å²) < 4.78 is 32.3. The summed E-state index contributed by atoms with van der Waals surface area (Å²) in [6, 6.07) is 14.2. The van der Waals surface area contributed by atoms with E-state index >= 15 is 0 Å². The van der Waals surface area contributed by atoms with Crippen LogP contribution in [0.15, 0.2) is 53.4 Å². The molecule has 0 aliphatic heterocycles. The number of hydrogen-bond donors (Lipinski definition) is 1. The van der Waals surface area contributed by atoms with Crippen LogP contribution in [0, 0.1) is 6.92 Å². The lowest BCUT2D eigenvalue weighted by atomic mass is 10.1. The van der Waals surface area contributed by atoms with Crippen LogP contribution >= 0.6 is 0 Å². The van der Waals surface area contributed by atoms with Crippen LogP contribution in [0.3, 0.4) is 0 Å². The van der Waals surface area contributed by atoms with Crippen LogP contribution in [-0.4, -0.2) is 15.5 Å². The van der Waals surface area contributed by atoms with E-state index in [0.717, 1.165) is 11.1 Å². The van der Waals surface area contributed by atoms with Gasteiger partial charge in [-0.1, -0.05) is 36.4 Å². The standard InChI is InChI=1S/C15H17NO3S/c1-12-7-3-4-8-13(12)11-16-20(17,18)15-10-6-5-9-14(15)19-2/h3-10,16H,11H2,1-2H3. The molecule has 0 fully saturated rings. The molecule has 0 bridgehead atoms. The Balaban J connectivity index is 2.22. The van der Waals surface area contributed by atoms with Crippen molar-refractivity contribution in [2.75, 3.05) is 7.11 Å². The highest BCUT2D eigenvalue weighted by molar-refractivity contribution is 7.89. The lowest BCUT2D eigenvalue weighted by Crippen LogP contribution is -2.24. The first-order valence-electron chi connectivity index (χ1n) is 6.22. The molecule has 0 heterocycles. The summed E-state index contributed by atoms with van der Waals surface area (Å²) in [6.45, 7) is 2.21. The third-order valence-electron chi connectivity index (χ3n) is 3.07. The zero-order valence-corrected chi connectivity index (χ0v) is 12.3. The van der Waals surface area contributed by atoms with Gasteiger partial charge < -0.3 is 4.74 Å². The van der Waals surface area contributed by atoms with Crippen LogP contribution in [0.5, 0.6) is 5.75 Å². The summed E-state index contributed by atoms with van der Waals surface area (Å²) in [7, 11) is -2.14. The Bertz CT molecular complexity index is 696. The van der Waals surface area contributed by atoms with Crippen molar-refractivity contribution in [1.29, 1.82) is 0 Å². The first-order chi connectivity index (χ1) is 9.54. The van der Waals surface area contributed by atoms with E-state index in [1.54, 1.807) is 18.2 Å². The van der Waals surface area contributed by atoms with Crippen molar-refractivity contribution in [1.82, 2.24) is 4.72 Å². The maximum Gasteiger partial charge on any atom is 0.244 e. The van der Waals surface area contributed by atoms with Crippen LogP contribution in [0.4, 0.5) is 0 Å². The summed E-state index contributed by atoms with van der Waals surface area (Å²) in [5.74, 6) is 0.338. The molecular weight excluding hydrogens is 274 g/mol. The predicted octanol–water partition coefficient (Wildman–Crippen LogP) is 2.48. The SMILES string of the molecule is COc1ccccc1S(=O)(=O)NCc1ccccc1C. The largest absolute Gasteiger partial charge is 0.495 e. The minimum Gasteiger partial charge on any atom is -0.495 e. The molecule has 20 heavy (non-hydrogen) atoms. The lowest BCUT2D eigenvalue weighted by molar-refractivity contribution is 0.402. The molecule has 4 nitrogen and oxygen atoms in total. The molecule has 0 aliphatic rings. The molecule has 0 saturated carbocycles. The van der Waals surface area contributed by atoms with Crippen molar-refractivity contribution < 1.29 is 13.2 Å². The number of methoxy groups -OCH3 is 1. The summed E-state index contributed by atoms with van der Waals surface area (Å²) >= 11 is 0. The molecule has 0 aliphatic carbocycles. The fourth-order valence-corrected chi connectivity index (χ4v) is 3.07. The zero-order chi connectivity index (χ0) is 14.6. The Morgan fingerprint density at radius 2 is 1.70 bits per heavy atom. The summed E-state index contributed by atoms with van der Waals surface area (Å²) in [6.07, 6.45) is 0. The van der Waals surface area contributed by atoms with Gasteiger partial charge in [-0.05, 0) is 30.2 Å². The number of aryl methyl sites for hydroxylation is 1. The molecule has 0 aromatic heterocycles. The monoisotopic (exact) mass is 291 g/mol. The fourth-order valence-electron chi connectivity index (χ4n) is 1.90. The van der Waals surface area contributed by atoms with Gasteiger partial charge in [-0.25, -0.2) is 13.1 Å². The maximum atomic E-state index is 12.3. The smallest absolute Gasteiger partial charge is 0.244 e. The van der Waals surface area contributed by atoms with Gasteiger partial charge in [-0.15, -0.1) is 0 Å². The van der Waals surface area contributed by atoms with Gasteiger partial charge in [0.2, 0.25) is 10.0 Å². The minimum atomic E-state index is -3.59. The van der Waals surface area contributed by atoms with Crippen molar-refractivity contribution in [2.45, 2.75) is 18.4 Å². The Hall–Kier alpha value is -1.85. The van der Waals surface area contributed by atoms with Crippen LogP contribution in [0.1, 0.15) is 11.1 Å². The molecule has 2 rings (SSSR count). The summed E-state index contributed by atoms with van der Waals surface area (Å²) in [4.78, 5) is 0.149. The van der Waals surface area contributed by atoms with Crippen LogP contribution < -0.4 is 9.46 Å².